The zero-order valence-corrected chi connectivity index (χ0v) is 14.0. The molecule has 1 saturated heterocycles. The minimum Gasteiger partial charge on any atom is -0.353 e. The topological polar surface area (TPSA) is 79.6 Å². The fourth-order valence-corrected chi connectivity index (χ4v) is 3.00. The second-order valence-corrected chi connectivity index (χ2v) is 6.07. The summed E-state index contributed by atoms with van der Waals surface area (Å²) in [5.41, 5.74) is 0.829. The van der Waals surface area contributed by atoms with Crippen LogP contribution in [0.5, 0.6) is 0 Å². The van der Waals surface area contributed by atoms with Crippen molar-refractivity contribution in [2.45, 2.75) is 12.8 Å². The number of rotatable bonds is 4. The van der Waals surface area contributed by atoms with Gasteiger partial charge in [-0.25, -0.2) is 4.98 Å². The Bertz CT molecular complexity index is 741. The van der Waals surface area contributed by atoms with Crippen LogP contribution in [0.2, 0.25) is 0 Å². The van der Waals surface area contributed by atoms with Crippen molar-refractivity contribution in [3.8, 4) is 0 Å². The Labute approximate surface area is 146 Å². The van der Waals surface area contributed by atoms with Gasteiger partial charge in [-0.05, 0) is 24.6 Å². The highest BCUT2D eigenvalue weighted by Crippen LogP contribution is 2.22. The van der Waals surface area contributed by atoms with Gasteiger partial charge >= 0.3 is 0 Å². The maximum atomic E-state index is 12.7. The van der Waals surface area contributed by atoms with Crippen molar-refractivity contribution < 1.29 is 9.72 Å². The van der Waals surface area contributed by atoms with E-state index in [1.54, 1.807) is 18.3 Å². The van der Waals surface area contributed by atoms with Crippen molar-refractivity contribution in [1.82, 2.24) is 9.88 Å². The van der Waals surface area contributed by atoms with Crippen LogP contribution in [0.25, 0.3) is 0 Å². The third-order valence-electron chi connectivity index (χ3n) is 4.54. The third kappa shape index (κ3) is 3.76. The van der Waals surface area contributed by atoms with E-state index >= 15 is 0 Å². The number of piperazine rings is 1. The first-order chi connectivity index (χ1) is 12.1. The van der Waals surface area contributed by atoms with Crippen LogP contribution in [0.4, 0.5) is 11.5 Å². The first kappa shape index (κ1) is 16.9. The average Bonchev–Trinajstić information content (AvgIpc) is 2.67. The molecule has 7 nitrogen and oxygen atoms in total. The average molecular weight is 340 g/mol. The zero-order chi connectivity index (χ0) is 17.8. The van der Waals surface area contributed by atoms with E-state index < -0.39 is 4.92 Å². The lowest BCUT2D eigenvalue weighted by atomic mass is 9.99. The molecule has 0 bridgehead atoms. The molecule has 0 saturated carbocycles. The molecular formula is C18H20N4O3. The van der Waals surface area contributed by atoms with Gasteiger partial charge in [0.05, 0.1) is 10.8 Å². The lowest BCUT2D eigenvalue weighted by Crippen LogP contribution is -2.50. The molecular weight excluding hydrogens is 320 g/mol. The highest BCUT2D eigenvalue weighted by molar-refractivity contribution is 5.83. The van der Waals surface area contributed by atoms with Gasteiger partial charge < -0.3 is 9.80 Å². The quantitative estimate of drug-likeness (QED) is 0.631. The van der Waals surface area contributed by atoms with Gasteiger partial charge in [0.2, 0.25) is 5.91 Å². The minimum absolute atomic E-state index is 0.0346. The summed E-state index contributed by atoms with van der Waals surface area (Å²) in [5.74, 6) is 0.662. The van der Waals surface area contributed by atoms with E-state index in [0.717, 1.165) is 24.5 Å². The molecule has 3 rings (SSSR count). The van der Waals surface area contributed by atoms with Crippen LogP contribution in [0.1, 0.15) is 18.4 Å². The van der Waals surface area contributed by atoms with Gasteiger partial charge in [0.25, 0.3) is 5.69 Å². The summed E-state index contributed by atoms with van der Waals surface area (Å²) in [7, 11) is 0. The summed E-state index contributed by atoms with van der Waals surface area (Å²) in [4.78, 5) is 31.4. The first-order valence-corrected chi connectivity index (χ1v) is 8.25. The summed E-state index contributed by atoms with van der Waals surface area (Å²) >= 11 is 0. The van der Waals surface area contributed by atoms with Crippen LogP contribution >= 0.6 is 0 Å². The summed E-state index contributed by atoms with van der Waals surface area (Å²) in [6.45, 7) is 4.62. The molecule has 1 aliphatic heterocycles. The SMILES string of the molecule is C[C@@H](C(=O)N1CCN(c2ccccn2)CC1)c1ccc([N+](=O)[O-])cc1. The van der Waals surface area contributed by atoms with E-state index in [2.05, 4.69) is 9.88 Å². The van der Waals surface area contributed by atoms with Crippen molar-refractivity contribution >= 4 is 17.4 Å². The maximum Gasteiger partial charge on any atom is 0.269 e. The van der Waals surface area contributed by atoms with E-state index in [1.807, 2.05) is 30.0 Å². The number of carbonyl (C=O) groups excluding carboxylic acids is 1. The van der Waals surface area contributed by atoms with Crippen LogP contribution in [0.15, 0.2) is 48.7 Å². The number of pyridine rings is 1. The maximum absolute atomic E-state index is 12.7. The number of carbonyl (C=O) groups is 1. The van der Waals surface area contributed by atoms with Gasteiger partial charge in [-0.15, -0.1) is 0 Å². The number of amides is 1. The summed E-state index contributed by atoms with van der Waals surface area (Å²) in [6.07, 6.45) is 1.77. The molecule has 2 aromatic rings. The fourth-order valence-electron chi connectivity index (χ4n) is 3.00. The van der Waals surface area contributed by atoms with Crippen molar-refractivity contribution in [2.75, 3.05) is 31.1 Å². The molecule has 0 aliphatic carbocycles. The van der Waals surface area contributed by atoms with Crippen molar-refractivity contribution in [3.63, 3.8) is 0 Å². The Morgan fingerprint density at radius 3 is 2.36 bits per heavy atom. The van der Waals surface area contributed by atoms with Crippen LogP contribution in [0.3, 0.4) is 0 Å². The highest BCUT2D eigenvalue weighted by atomic mass is 16.6. The van der Waals surface area contributed by atoms with E-state index in [9.17, 15) is 14.9 Å². The molecule has 1 amide bonds. The number of non-ortho nitro benzene ring substituents is 1. The zero-order valence-electron chi connectivity index (χ0n) is 14.0. The van der Waals surface area contributed by atoms with Gasteiger partial charge in [-0.2, -0.15) is 0 Å². The molecule has 130 valence electrons. The molecule has 2 heterocycles. The van der Waals surface area contributed by atoms with E-state index in [-0.39, 0.29) is 17.5 Å². The minimum atomic E-state index is -0.437. The second kappa shape index (κ2) is 7.29. The van der Waals surface area contributed by atoms with Crippen molar-refractivity contribution in [2.24, 2.45) is 0 Å². The summed E-state index contributed by atoms with van der Waals surface area (Å²) in [5, 5.41) is 10.7. The smallest absolute Gasteiger partial charge is 0.269 e. The number of benzene rings is 1. The molecule has 1 aromatic heterocycles. The Morgan fingerprint density at radius 1 is 1.12 bits per heavy atom. The predicted molar refractivity (Wildman–Crippen MR) is 94.5 cm³/mol. The largest absolute Gasteiger partial charge is 0.353 e. The fraction of sp³-hybridized carbons (Fsp3) is 0.333. The molecule has 25 heavy (non-hydrogen) atoms. The summed E-state index contributed by atoms with van der Waals surface area (Å²) < 4.78 is 0. The Kier molecular flexibility index (Phi) is 4.92. The molecule has 7 heteroatoms. The monoisotopic (exact) mass is 340 g/mol. The summed E-state index contributed by atoms with van der Waals surface area (Å²) in [6, 6.07) is 12.0. The van der Waals surface area contributed by atoms with Crippen LogP contribution in [-0.4, -0.2) is 46.9 Å². The van der Waals surface area contributed by atoms with Gasteiger partial charge in [0.15, 0.2) is 0 Å². The van der Waals surface area contributed by atoms with E-state index in [4.69, 9.17) is 0 Å². The van der Waals surface area contributed by atoms with Crippen LogP contribution in [0, 0.1) is 10.1 Å². The van der Waals surface area contributed by atoms with Crippen LogP contribution < -0.4 is 4.90 Å². The molecule has 0 radical (unpaired) electrons. The van der Waals surface area contributed by atoms with Crippen molar-refractivity contribution in [1.29, 1.82) is 0 Å². The Morgan fingerprint density at radius 2 is 1.80 bits per heavy atom. The molecule has 1 atom stereocenters. The lowest BCUT2D eigenvalue weighted by molar-refractivity contribution is -0.384. The standard InChI is InChI=1S/C18H20N4O3/c1-14(15-5-7-16(8-6-15)22(24)25)18(23)21-12-10-20(11-13-21)17-4-2-3-9-19-17/h2-9,14H,10-13H2,1H3/t14-/m1/s1. The number of hydrogen-bond donors (Lipinski definition) is 0. The normalized spacial score (nSPS) is 15.7. The third-order valence-corrected chi connectivity index (χ3v) is 4.54. The number of hydrogen-bond acceptors (Lipinski definition) is 5. The number of anilines is 1. The molecule has 1 aliphatic rings. The molecule has 0 spiro atoms. The highest BCUT2D eigenvalue weighted by Gasteiger charge is 2.26. The first-order valence-electron chi connectivity index (χ1n) is 8.25. The number of aromatic nitrogens is 1. The molecule has 1 aromatic carbocycles. The number of nitrogens with zero attached hydrogens (tertiary/aromatic N) is 4. The van der Waals surface area contributed by atoms with E-state index in [1.165, 1.54) is 12.1 Å². The molecule has 0 unspecified atom stereocenters. The lowest BCUT2D eigenvalue weighted by Gasteiger charge is -2.36. The van der Waals surface area contributed by atoms with Gasteiger partial charge in [-0.1, -0.05) is 18.2 Å². The predicted octanol–water partition coefficient (Wildman–Crippen LogP) is 2.44. The molecule has 0 N–H and O–H groups in total. The van der Waals surface area contributed by atoms with Gasteiger partial charge in [-0.3, -0.25) is 14.9 Å². The second-order valence-electron chi connectivity index (χ2n) is 6.07. The molecule has 1 fully saturated rings. The Balaban J connectivity index is 1.61. The van der Waals surface area contributed by atoms with Crippen molar-refractivity contribution in [3.05, 3.63) is 64.3 Å². The number of nitro groups is 1. The van der Waals surface area contributed by atoms with E-state index in [0.29, 0.717) is 13.1 Å². The Hall–Kier alpha value is -2.96. The number of nitro benzene ring substituents is 1. The van der Waals surface area contributed by atoms with Gasteiger partial charge in [0, 0.05) is 44.5 Å². The van der Waals surface area contributed by atoms with Crippen LogP contribution in [-0.2, 0) is 4.79 Å². The van der Waals surface area contributed by atoms with Gasteiger partial charge in [0.1, 0.15) is 5.82 Å².